The van der Waals surface area contributed by atoms with Gasteiger partial charge in [-0.1, -0.05) is 23.5 Å². The summed E-state index contributed by atoms with van der Waals surface area (Å²) in [4.78, 5) is 24.4. The first-order valence-corrected chi connectivity index (χ1v) is 13.0. The molecule has 41 heavy (non-hydrogen) atoms. The van der Waals surface area contributed by atoms with E-state index in [9.17, 15) is 33.0 Å². The monoisotopic (exact) mass is 591 g/mol. The van der Waals surface area contributed by atoms with E-state index >= 15 is 0 Å². The van der Waals surface area contributed by atoms with Gasteiger partial charge in [-0.3, -0.25) is 19.5 Å². The molecule has 0 saturated heterocycles. The third kappa shape index (κ3) is 9.16. The van der Waals surface area contributed by atoms with E-state index in [1.165, 1.54) is 35.6 Å². The Bertz CT molecular complexity index is 1470. The minimum atomic E-state index is -4.82. The van der Waals surface area contributed by atoms with Crippen LogP contribution in [0.2, 0.25) is 0 Å². The van der Waals surface area contributed by atoms with Gasteiger partial charge in [-0.15, -0.1) is 28.5 Å². The highest BCUT2D eigenvalue weighted by Crippen LogP contribution is 2.24. The van der Waals surface area contributed by atoms with Crippen LogP contribution >= 0.6 is 11.3 Å². The van der Waals surface area contributed by atoms with Crippen molar-refractivity contribution in [2.24, 2.45) is 0 Å². The van der Waals surface area contributed by atoms with Gasteiger partial charge in [0.25, 0.3) is 0 Å². The zero-order valence-electron chi connectivity index (χ0n) is 21.3. The van der Waals surface area contributed by atoms with Crippen LogP contribution in [0.4, 0.5) is 24.1 Å². The summed E-state index contributed by atoms with van der Waals surface area (Å²) in [7, 11) is 0. The highest BCUT2D eigenvalue weighted by atomic mass is 32.1. The largest absolute Gasteiger partial charge is 0.573 e. The number of aromatic nitrogens is 5. The highest BCUT2D eigenvalue weighted by molar-refractivity contribution is 7.15. The number of alkyl halides is 3. The molecule has 216 valence electrons. The van der Waals surface area contributed by atoms with Gasteiger partial charge in [0.1, 0.15) is 17.3 Å². The predicted octanol–water partition coefficient (Wildman–Crippen LogP) is 3.82. The second-order valence-electron chi connectivity index (χ2n) is 8.72. The van der Waals surface area contributed by atoms with Crippen LogP contribution in [-0.2, 0) is 35.4 Å². The summed E-state index contributed by atoms with van der Waals surface area (Å²) in [6.07, 6.45) is -2.20. The van der Waals surface area contributed by atoms with E-state index in [4.69, 9.17) is 0 Å². The first-order chi connectivity index (χ1) is 19.5. The third-order valence-electron chi connectivity index (χ3n) is 5.51. The number of hydrogen-bond acceptors (Lipinski definition) is 10. The minimum Gasteiger partial charge on any atom is -0.494 e. The normalized spacial score (nSPS) is 11.3. The van der Waals surface area contributed by atoms with Gasteiger partial charge in [-0.2, -0.15) is 5.10 Å². The van der Waals surface area contributed by atoms with Crippen molar-refractivity contribution in [1.29, 1.82) is 0 Å². The van der Waals surface area contributed by atoms with Crippen LogP contribution in [-0.4, -0.2) is 53.4 Å². The maximum absolute atomic E-state index is 12.4. The molecule has 16 heteroatoms. The van der Waals surface area contributed by atoms with Crippen LogP contribution in [0, 0.1) is 0 Å². The lowest BCUT2D eigenvalue weighted by molar-refractivity contribution is -0.274. The van der Waals surface area contributed by atoms with Crippen molar-refractivity contribution in [2.45, 2.75) is 45.0 Å². The van der Waals surface area contributed by atoms with Crippen molar-refractivity contribution < 1.29 is 37.7 Å². The maximum Gasteiger partial charge on any atom is 0.573 e. The number of benzene rings is 1. The molecule has 0 aliphatic carbocycles. The fourth-order valence-corrected chi connectivity index (χ4v) is 4.48. The lowest BCUT2D eigenvalue weighted by Gasteiger charge is -2.10. The van der Waals surface area contributed by atoms with Gasteiger partial charge >= 0.3 is 6.36 Å². The molecule has 0 saturated carbocycles. The van der Waals surface area contributed by atoms with E-state index in [0.717, 1.165) is 34.5 Å². The number of amides is 2. The Labute approximate surface area is 234 Å². The van der Waals surface area contributed by atoms with E-state index in [2.05, 4.69) is 35.8 Å². The molecule has 4 N–H and O–H groups in total. The molecule has 0 atom stereocenters. The number of aryl methyl sites for hydroxylation is 2. The Morgan fingerprint density at radius 3 is 2.37 bits per heavy atom. The van der Waals surface area contributed by atoms with Gasteiger partial charge in [0.2, 0.25) is 16.9 Å². The summed E-state index contributed by atoms with van der Waals surface area (Å²) in [5.41, 5.74) is 1.05. The van der Waals surface area contributed by atoms with Crippen LogP contribution in [0.25, 0.3) is 0 Å². The summed E-state index contributed by atoms with van der Waals surface area (Å²) in [5.74, 6) is -1.60. The van der Waals surface area contributed by atoms with Crippen molar-refractivity contribution in [3.05, 3.63) is 64.8 Å². The Morgan fingerprint density at radius 2 is 1.66 bits per heavy atom. The number of ether oxygens (including phenoxy) is 1. The highest BCUT2D eigenvalue weighted by Gasteiger charge is 2.31. The molecule has 0 aliphatic heterocycles. The second-order valence-corrected chi connectivity index (χ2v) is 9.78. The second kappa shape index (κ2) is 13.1. The number of nitrogens with zero attached hydrogens (tertiary/aromatic N) is 5. The topological polar surface area (TPSA) is 164 Å². The van der Waals surface area contributed by atoms with Crippen LogP contribution in [0.15, 0.2) is 48.5 Å². The van der Waals surface area contributed by atoms with Gasteiger partial charge in [0, 0.05) is 18.6 Å². The maximum atomic E-state index is 12.4. The minimum absolute atomic E-state index is 0.171. The standard InChI is InChI=1S/C25H24F3N7O5S/c26-25(27,28)40-17-6-3-4-15(12-17)13-19(36)29-18-9-8-16(31-32-18)5-1-2-7-21-33-34-24(41-21)30-20(37)14-35-22(38)10-11-23(35)39/h3-4,6,8-12,38-39H,1-2,5,7,13-14H2,(H,29,32,36)(H,30,34,37). The number of anilines is 2. The van der Waals surface area contributed by atoms with E-state index in [0.29, 0.717) is 29.2 Å². The van der Waals surface area contributed by atoms with Gasteiger partial charge < -0.3 is 20.3 Å². The molecular weight excluding hydrogens is 567 g/mol. The number of rotatable bonds is 12. The van der Waals surface area contributed by atoms with Crippen LogP contribution in [0.5, 0.6) is 17.5 Å². The smallest absolute Gasteiger partial charge is 0.494 e. The number of unbranched alkanes of at least 4 members (excludes halogenated alkanes) is 1. The molecule has 3 heterocycles. The average Bonchev–Trinajstić information content (AvgIpc) is 3.47. The van der Waals surface area contributed by atoms with Crippen LogP contribution in [0.1, 0.15) is 29.1 Å². The van der Waals surface area contributed by atoms with Crippen molar-refractivity contribution >= 4 is 34.1 Å². The first-order valence-electron chi connectivity index (χ1n) is 12.2. The zero-order valence-corrected chi connectivity index (χ0v) is 22.1. The third-order valence-corrected chi connectivity index (χ3v) is 6.41. The van der Waals surface area contributed by atoms with E-state index < -0.39 is 23.9 Å². The number of aromatic hydroxyl groups is 2. The molecule has 0 unspecified atom stereocenters. The Hall–Kier alpha value is -4.73. The van der Waals surface area contributed by atoms with Crippen molar-refractivity contribution in [1.82, 2.24) is 25.0 Å². The fourth-order valence-electron chi connectivity index (χ4n) is 3.68. The summed E-state index contributed by atoms with van der Waals surface area (Å²) < 4.78 is 42.1. The number of carbonyl (C=O) groups is 2. The number of hydrogen-bond donors (Lipinski definition) is 4. The van der Waals surface area contributed by atoms with Crippen LogP contribution in [0.3, 0.4) is 0 Å². The van der Waals surface area contributed by atoms with Crippen molar-refractivity contribution in [2.75, 3.05) is 10.6 Å². The molecular formula is C25H24F3N7O5S. The molecule has 3 aromatic heterocycles. The molecule has 2 amide bonds. The molecule has 0 fully saturated rings. The lowest BCUT2D eigenvalue weighted by atomic mass is 10.1. The summed E-state index contributed by atoms with van der Waals surface area (Å²) in [5, 5.41) is 41.5. The quantitative estimate of drug-likeness (QED) is 0.179. The fraction of sp³-hybridized carbons (Fsp3) is 0.280. The molecule has 0 radical (unpaired) electrons. The summed E-state index contributed by atoms with van der Waals surface area (Å²) in [6.45, 7) is -0.280. The number of halogens is 3. The summed E-state index contributed by atoms with van der Waals surface area (Å²) in [6, 6.07) is 11.0. The summed E-state index contributed by atoms with van der Waals surface area (Å²) >= 11 is 1.23. The Morgan fingerprint density at radius 1 is 0.902 bits per heavy atom. The number of carbonyl (C=O) groups excluding carboxylic acids is 2. The molecule has 1 aromatic carbocycles. The first kappa shape index (κ1) is 29.3. The average molecular weight is 592 g/mol. The molecule has 4 rings (SSSR count). The Kier molecular flexibility index (Phi) is 9.34. The Balaban J connectivity index is 1.16. The lowest BCUT2D eigenvalue weighted by Crippen LogP contribution is -2.18. The number of nitrogens with one attached hydrogen (secondary N) is 2. The van der Waals surface area contributed by atoms with E-state index in [-0.39, 0.29) is 30.5 Å². The van der Waals surface area contributed by atoms with E-state index in [1.807, 2.05) is 0 Å². The molecule has 4 aromatic rings. The van der Waals surface area contributed by atoms with Gasteiger partial charge in [0.15, 0.2) is 17.6 Å². The molecule has 12 nitrogen and oxygen atoms in total. The predicted molar refractivity (Wildman–Crippen MR) is 140 cm³/mol. The van der Waals surface area contributed by atoms with Gasteiger partial charge in [0.05, 0.1) is 12.1 Å². The van der Waals surface area contributed by atoms with Gasteiger partial charge in [-0.05, 0) is 49.1 Å². The SMILES string of the molecule is O=C(Cc1cccc(OC(F)(F)F)c1)Nc1ccc(CCCCc2nnc(NC(=O)Cn3c(O)ccc3O)s2)nn1. The van der Waals surface area contributed by atoms with Crippen molar-refractivity contribution in [3.8, 4) is 17.5 Å². The molecule has 0 spiro atoms. The van der Waals surface area contributed by atoms with Crippen LogP contribution < -0.4 is 15.4 Å². The van der Waals surface area contributed by atoms with Gasteiger partial charge in [-0.25, -0.2) is 0 Å². The molecule has 0 bridgehead atoms. The van der Waals surface area contributed by atoms with Crippen molar-refractivity contribution in [3.63, 3.8) is 0 Å². The zero-order chi connectivity index (χ0) is 29.4. The molecule has 0 aliphatic rings. The van der Waals surface area contributed by atoms with E-state index in [1.54, 1.807) is 12.1 Å².